The summed E-state index contributed by atoms with van der Waals surface area (Å²) in [5.41, 5.74) is 8.92. The molecule has 0 aliphatic heterocycles. The van der Waals surface area contributed by atoms with Crippen molar-refractivity contribution in [3.8, 4) is 6.07 Å². The summed E-state index contributed by atoms with van der Waals surface area (Å²) in [6.07, 6.45) is 0. The van der Waals surface area contributed by atoms with E-state index in [0.29, 0.717) is 23.1 Å². The lowest BCUT2D eigenvalue weighted by atomic mass is 10.1. The summed E-state index contributed by atoms with van der Waals surface area (Å²) >= 11 is 6.08. The van der Waals surface area contributed by atoms with Gasteiger partial charge in [0.1, 0.15) is 16.9 Å². The van der Waals surface area contributed by atoms with E-state index in [-0.39, 0.29) is 0 Å². The Morgan fingerprint density at radius 3 is 2.76 bits per heavy atom. The second-order valence-corrected chi connectivity index (χ2v) is 4.26. The van der Waals surface area contributed by atoms with Gasteiger partial charge in [-0.25, -0.2) is 0 Å². The van der Waals surface area contributed by atoms with Crippen LogP contribution < -0.4 is 5.73 Å². The average molecular weight is 246 g/mol. The van der Waals surface area contributed by atoms with Crippen LogP contribution in [0.2, 0.25) is 5.15 Å². The molecule has 3 nitrogen and oxygen atoms in total. The standard InChI is InChI=1S/C13H12ClN3/c1-9-4-2-3-5-10(9)8-17-11(7-15)6-12(16)13(17)14/h2-6H,8,16H2,1H3. The number of benzene rings is 1. The Hall–Kier alpha value is -1.92. The molecule has 2 aromatic rings. The summed E-state index contributed by atoms with van der Waals surface area (Å²) in [6, 6.07) is 11.7. The van der Waals surface area contributed by atoms with Gasteiger partial charge in [-0.1, -0.05) is 35.9 Å². The number of hydrogen-bond acceptors (Lipinski definition) is 2. The number of hydrogen-bond donors (Lipinski definition) is 1. The first-order chi connectivity index (χ1) is 8.13. The molecular formula is C13H12ClN3. The molecule has 0 saturated heterocycles. The monoisotopic (exact) mass is 245 g/mol. The van der Waals surface area contributed by atoms with Gasteiger partial charge in [0, 0.05) is 6.54 Å². The second kappa shape index (κ2) is 4.52. The minimum atomic E-state index is 0.421. The highest BCUT2D eigenvalue weighted by molar-refractivity contribution is 6.32. The topological polar surface area (TPSA) is 54.7 Å². The van der Waals surface area contributed by atoms with Crippen LogP contribution in [0.4, 0.5) is 5.69 Å². The van der Waals surface area contributed by atoms with Gasteiger partial charge < -0.3 is 10.3 Å². The first-order valence-electron chi connectivity index (χ1n) is 5.22. The maximum atomic E-state index is 9.02. The number of nitrogens with zero attached hydrogens (tertiary/aromatic N) is 2. The highest BCUT2D eigenvalue weighted by Crippen LogP contribution is 2.25. The fraction of sp³-hybridized carbons (Fsp3) is 0.154. The number of halogens is 1. The summed E-state index contributed by atoms with van der Waals surface area (Å²) in [5.74, 6) is 0. The third kappa shape index (κ3) is 2.13. The predicted octanol–water partition coefficient (Wildman–Crippen LogP) is 2.95. The zero-order chi connectivity index (χ0) is 12.4. The van der Waals surface area contributed by atoms with Gasteiger partial charge in [0.15, 0.2) is 0 Å². The first-order valence-corrected chi connectivity index (χ1v) is 5.60. The molecule has 0 amide bonds. The lowest BCUT2D eigenvalue weighted by Crippen LogP contribution is -2.04. The Morgan fingerprint density at radius 1 is 1.41 bits per heavy atom. The van der Waals surface area contributed by atoms with Crippen LogP contribution in [-0.4, -0.2) is 4.57 Å². The molecule has 0 radical (unpaired) electrons. The lowest BCUT2D eigenvalue weighted by molar-refractivity contribution is 0.790. The second-order valence-electron chi connectivity index (χ2n) is 3.90. The molecule has 0 fully saturated rings. The molecule has 0 bridgehead atoms. The van der Waals surface area contributed by atoms with Crippen molar-refractivity contribution in [2.24, 2.45) is 0 Å². The average Bonchev–Trinajstić information content (AvgIpc) is 2.59. The first kappa shape index (κ1) is 11.6. The maximum Gasteiger partial charge on any atom is 0.133 e. The van der Waals surface area contributed by atoms with E-state index in [0.717, 1.165) is 5.56 Å². The van der Waals surface area contributed by atoms with Crippen molar-refractivity contribution < 1.29 is 0 Å². The number of nitriles is 1. The molecule has 1 heterocycles. The van der Waals surface area contributed by atoms with Gasteiger partial charge in [-0.05, 0) is 24.1 Å². The SMILES string of the molecule is Cc1ccccc1Cn1c(C#N)cc(N)c1Cl. The zero-order valence-electron chi connectivity index (χ0n) is 9.44. The molecule has 0 atom stereocenters. The van der Waals surface area contributed by atoms with Crippen LogP contribution in [0.15, 0.2) is 30.3 Å². The molecule has 0 aliphatic carbocycles. The third-order valence-corrected chi connectivity index (χ3v) is 3.18. The van der Waals surface area contributed by atoms with Crippen LogP contribution >= 0.6 is 11.6 Å². The highest BCUT2D eigenvalue weighted by Gasteiger charge is 2.11. The van der Waals surface area contributed by atoms with Gasteiger partial charge in [-0.2, -0.15) is 5.26 Å². The molecule has 4 heteroatoms. The molecule has 0 aliphatic rings. The Labute approximate surface area is 105 Å². The summed E-state index contributed by atoms with van der Waals surface area (Å²) in [6.45, 7) is 2.59. The molecule has 86 valence electrons. The van der Waals surface area contributed by atoms with Crippen molar-refractivity contribution in [2.45, 2.75) is 13.5 Å². The minimum absolute atomic E-state index is 0.421. The van der Waals surface area contributed by atoms with Crippen LogP contribution in [0.5, 0.6) is 0 Å². The van der Waals surface area contributed by atoms with E-state index in [1.54, 1.807) is 10.6 Å². The van der Waals surface area contributed by atoms with E-state index in [1.807, 2.05) is 31.2 Å². The van der Waals surface area contributed by atoms with Crippen LogP contribution in [0, 0.1) is 18.3 Å². The van der Waals surface area contributed by atoms with Gasteiger partial charge in [-0.3, -0.25) is 0 Å². The van der Waals surface area contributed by atoms with E-state index < -0.39 is 0 Å². The molecule has 0 spiro atoms. The van der Waals surface area contributed by atoms with Crippen molar-refractivity contribution in [3.63, 3.8) is 0 Å². The number of aromatic nitrogens is 1. The molecule has 1 aromatic carbocycles. The molecule has 2 rings (SSSR count). The maximum absolute atomic E-state index is 9.02. The van der Waals surface area contributed by atoms with Gasteiger partial charge in [0.05, 0.1) is 5.69 Å². The van der Waals surface area contributed by atoms with E-state index in [4.69, 9.17) is 22.6 Å². The summed E-state index contributed by atoms with van der Waals surface area (Å²) in [5, 5.41) is 9.44. The van der Waals surface area contributed by atoms with E-state index in [2.05, 4.69) is 6.07 Å². The number of nitrogens with two attached hydrogens (primary N) is 1. The van der Waals surface area contributed by atoms with Crippen molar-refractivity contribution in [3.05, 3.63) is 52.3 Å². The molecule has 0 unspecified atom stereocenters. The highest BCUT2D eigenvalue weighted by atomic mass is 35.5. The Bertz CT molecular complexity index is 593. The number of anilines is 1. The molecule has 2 N–H and O–H groups in total. The van der Waals surface area contributed by atoms with Crippen molar-refractivity contribution >= 4 is 17.3 Å². The largest absolute Gasteiger partial charge is 0.396 e. The molecule has 1 aromatic heterocycles. The Morgan fingerprint density at radius 2 is 2.12 bits per heavy atom. The minimum Gasteiger partial charge on any atom is -0.396 e. The van der Waals surface area contributed by atoms with Crippen LogP contribution in [0.25, 0.3) is 0 Å². The van der Waals surface area contributed by atoms with Gasteiger partial charge in [0.2, 0.25) is 0 Å². The van der Waals surface area contributed by atoms with Crippen LogP contribution in [-0.2, 0) is 6.54 Å². The fourth-order valence-electron chi connectivity index (χ4n) is 1.75. The van der Waals surface area contributed by atoms with Gasteiger partial charge in [0.25, 0.3) is 0 Å². The summed E-state index contributed by atoms with van der Waals surface area (Å²) < 4.78 is 1.72. The van der Waals surface area contributed by atoms with Crippen molar-refractivity contribution in [1.82, 2.24) is 4.57 Å². The zero-order valence-corrected chi connectivity index (χ0v) is 10.2. The fourth-order valence-corrected chi connectivity index (χ4v) is 1.96. The van der Waals surface area contributed by atoms with Crippen molar-refractivity contribution in [2.75, 3.05) is 5.73 Å². The van der Waals surface area contributed by atoms with Gasteiger partial charge in [-0.15, -0.1) is 0 Å². The van der Waals surface area contributed by atoms with E-state index in [1.165, 1.54) is 5.56 Å². The van der Waals surface area contributed by atoms with E-state index >= 15 is 0 Å². The molecule has 0 saturated carbocycles. The lowest BCUT2D eigenvalue weighted by Gasteiger charge is -2.09. The van der Waals surface area contributed by atoms with Crippen molar-refractivity contribution in [1.29, 1.82) is 5.26 Å². The number of nitrogen functional groups attached to an aromatic ring is 1. The smallest absolute Gasteiger partial charge is 0.133 e. The number of rotatable bonds is 2. The normalized spacial score (nSPS) is 10.2. The molecular weight excluding hydrogens is 234 g/mol. The quantitative estimate of drug-likeness (QED) is 0.884. The number of aryl methyl sites for hydroxylation is 1. The van der Waals surface area contributed by atoms with E-state index in [9.17, 15) is 0 Å². The Balaban J connectivity index is 2.44. The van der Waals surface area contributed by atoms with Crippen LogP contribution in [0.3, 0.4) is 0 Å². The third-order valence-electron chi connectivity index (χ3n) is 2.76. The predicted molar refractivity (Wildman–Crippen MR) is 68.9 cm³/mol. The summed E-state index contributed by atoms with van der Waals surface area (Å²) in [4.78, 5) is 0. The Kier molecular flexibility index (Phi) is 3.08. The van der Waals surface area contributed by atoms with Gasteiger partial charge >= 0.3 is 0 Å². The summed E-state index contributed by atoms with van der Waals surface area (Å²) in [7, 11) is 0. The molecule has 17 heavy (non-hydrogen) atoms. The van der Waals surface area contributed by atoms with Crippen LogP contribution in [0.1, 0.15) is 16.8 Å².